The van der Waals surface area contributed by atoms with E-state index in [-0.39, 0.29) is 5.75 Å². The monoisotopic (exact) mass is 340 g/mol. The molecule has 4 heteroatoms. The van der Waals surface area contributed by atoms with Gasteiger partial charge in [-0.3, -0.25) is 0 Å². The van der Waals surface area contributed by atoms with Gasteiger partial charge in [0.2, 0.25) is 0 Å². The maximum atomic E-state index is 14.4. The summed E-state index contributed by atoms with van der Waals surface area (Å²) in [5.41, 5.74) is 1.57. The lowest BCUT2D eigenvalue weighted by Crippen LogP contribution is -2.27. The van der Waals surface area contributed by atoms with Crippen molar-refractivity contribution < 1.29 is 17.9 Å². The molecule has 1 nitrogen and oxygen atoms in total. The van der Waals surface area contributed by atoms with Crippen molar-refractivity contribution in [1.82, 2.24) is 0 Å². The average Bonchev–Trinajstić information content (AvgIpc) is 2.58. The minimum atomic E-state index is -2.98. The van der Waals surface area contributed by atoms with Crippen LogP contribution in [0.3, 0.4) is 0 Å². The Kier molecular flexibility index (Phi) is 5.72. The molecule has 1 atom stereocenters. The molecule has 2 aliphatic rings. The van der Waals surface area contributed by atoms with Crippen LogP contribution in [-0.2, 0) is 12.8 Å². The second-order valence-corrected chi connectivity index (χ2v) is 7.47. The summed E-state index contributed by atoms with van der Waals surface area (Å²) in [6, 6.07) is 3.14. The van der Waals surface area contributed by atoms with E-state index >= 15 is 0 Å². The van der Waals surface area contributed by atoms with Gasteiger partial charge in [0.05, 0.1) is 0 Å². The van der Waals surface area contributed by atoms with E-state index in [0.717, 1.165) is 30.2 Å². The Morgan fingerprint density at radius 2 is 1.83 bits per heavy atom. The first-order valence-electron chi connectivity index (χ1n) is 9.33. The Hall–Kier alpha value is -1.19. The van der Waals surface area contributed by atoms with Gasteiger partial charge < -0.3 is 4.74 Å². The highest BCUT2D eigenvalue weighted by molar-refractivity contribution is 5.39. The minimum Gasteiger partial charge on any atom is -0.432 e. The zero-order valence-corrected chi connectivity index (χ0v) is 14.4. The molecule has 0 heterocycles. The minimum absolute atomic E-state index is 0.317. The van der Waals surface area contributed by atoms with Gasteiger partial charge in [-0.2, -0.15) is 8.78 Å². The Balaban J connectivity index is 1.64. The van der Waals surface area contributed by atoms with Crippen LogP contribution in [-0.4, -0.2) is 6.61 Å². The van der Waals surface area contributed by atoms with Crippen LogP contribution in [0.4, 0.5) is 13.2 Å². The number of hydrogen-bond donors (Lipinski definition) is 0. The molecular formula is C20H27F3O. The smallest absolute Gasteiger partial charge is 0.387 e. The second kappa shape index (κ2) is 7.79. The summed E-state index contributed by atoms with van der Waals surface area (Å²) in [6.45, 7) is -0.725. The van der Waals surface area contributed by atoms with E-state index in [1.54, 1.807) is 6.07 Å². The van der Waals surface area contributed by atoms with E-state index in [9.17, 15) is 13.2 Å². The molecule has 1 aromatic carbocycles. The number of alkyl halides is 2. The van der Waals surface area contributed by atoms with Crippen molar-refractivity contribution >= 4 is 0 Å². The summed E-state index contributed by atoms with van der Waals surface area (Å²) in [7, 11) is 0. The van der Waals surface area contributed by atoms with E-state index in [0.29, 0.717) is 17.9 Å². The molecule has 0 N–H and O–H groups in total. The molecule has 3 rings (SSSR count). The van der Waals surface area contributed by atoms with Crippen LogP contribution >= 0.6 is 0 Å². The van der Waals surface area contributed by atoms with Gasteiger partial charge in [-0.25, -0.2) is 4.39 Å². The van der Waals surface area contributed by atoms with Gasteiger partial charge in [-0.1, -0.05) is 38.7 Å². The van der Waals surface area contributed by atoms with Crippen molar-refractivity contribution in [2.24, 2.45) is 17.8 Å². The van der Waals surface area contributed by atoms with Gasteiger partial charge in [0.15, 0.2) is 11.6 Å². The Morgan fingerprint density at radius 1 is 1.08 bits per heavy atom. The van der Waals surface area contributed by atoms with E-state index in [4.69, 9.17) is 0 Å². The molecule has 0 aromatic heterocycles. The fourth-order valence-electron chi connectivity index (χ4n) is 4.76. The van der Waals surface area contributed by atoms with Crippen molar-refractivity contribution in [2.75, 3.05) is 0 Å². The zero-order valence-electron chi connectivity index (χ0n) is 14.4. The first-order valence-corrected chi connectivity index (χ1v) is 9.33. The summed E-state index contributed by atoms with van der Waals surface area (Å²) in [4.78, 5) is 0. The number of benzene rings is 1. The zero-order chi connectivity index (χ0) is 17.1. The van der Waals surface area contributed by atoms with Gasteiger partial charge >= 0.3 is 6.61 Å². The third kappa shape index (κ3) is 3.89. The van der Waals surface area contributed by atoms with Crippen LogP contribution in [0.15, 0.2) is 12.1 Å². The standard InChI is InChI=1S/C20H27F3O/c1-2-3-13-4-6-14(7-5-13)15-8-10-17-16(12-15)9-11-18(19(17)21)24-20(22)23/h9,11,13-15,20H,2-8,10,12H2,1H3. The second-order valence-electron chi connectivity index (χ2n) is 7.47. The third-order valence-electron chi connectivity index (χ3n) is 6.02. The molecule has 1 aromatic rings. The Labute approximate surface area is 142 Å². The summed E-state index contributed by atoms with van der Waals surface area (Å²) in [6.07, 6.45) is 10.3. The maximum absolute atomic E-state index is 14.4. The molecule has 0 saturated heterocycles. The Morgan fingerprint density at radius 3 is 2.50 bits per heavy atom. The number of halogens is 3. The number of fused-ring (bicyclic) bond motifs is 1. The Bertz CT molecular complexity index is 550. The van der Waals surface area contributed by atoms with E-state index < -0.39 is 12.4 Å². The summed E-state index contributed by atoms with van der Waals surface area (Å²) < 4.78 is 43.3. The number of hydrogen-bond acceptors (Lipinski definition) is 1. The van der Waals surface area contributed by atoms with Gasteiger partial charge in [-0.05, 0) is 67.1 Å². The topological polar surface area (TPSA) is 9.23 Å². The quantitative estimate of drug-likeness (QED) is 0.626. The van der Waals surface area contributed by atoms with Crippen molar-refractivity contribution in [1.29, 1.82) is 0 Å². The molecule has 1 unspecified atom stereocenters. The summed E-state index contributed by atoms with van der Waals surface area (Å²) in [5, 5.41) is 0. The van der Waals surface area contributed by atoms with Gasteiger partial charge in [0.25, 0.3) is 0 Å². The summed E-state index contributed by atoms with van der Waals surface area (Å²) >= 11 is 0. The molecule has 24 heavy (non-hydrogen) atoms. The van der Waals surface area contributed by atoms with Crippen LogP contribution in [0, 0.1) is 23.6 Å². The fraction of sp³-hybridized carbons (Fsp3) is 0.700. The first-order chi connectivity index (χ1) is 11.6. The normalized spacial score (nSPS) is 27.1. The lowest BCUT2D eigenvalue weighted by atomic mass is 9.69. The highest BCUT2D eigenvalue weighted by Crippen LogP contribution is 2.41. The van der Waals surface area contributed by atoms with Crippen molar-refractivity contribution in [3.8, 4) is 5.75 Å². The highest BCUT2D eigenvalue weighted by atomic mass is 19.3. The average molecular weight is 340 g/mol. The van der Waals surface area contributed by atoms with Crippen LogP contribution in [0.25, 0.3) is 0 Å². The van der Waals surface area contributed by atoms with Crippen LogP contribution in [0.1, 0.15) is 63.0 Å². The lowest BCUT2D eigenvalue weighted by molar-refractivity contribution is -0.0523. The fourth-order valence-corrected chi connectivity index (χ4v) is 4.76. The van der Waals surface area contributed by atoms with Gasteiger partial charge in [-0.15, -0.1) is 0 Å². The van der Waals surface area contributed by atoms with Crippen LogP contribution in [0.5, 0.6) is 5.75 Å². The van der Waals surface area contributed by atoms with Crippen LogP contribution < -0.4 is 4.74 Å². The predicted octanol–water partition coefficient (Wildman–Crippen LogP) is 6.14. The highest BCUT2D eigenvalue weighted by Gasteiger charge is 2.31. The molecule has 0 spiro atoms. The van der Waals surface area contributed by atoms with Crippen LogP contribution in [0.2, 0.25) is 0 Å². The van der Waals surface area contributed by atoms with Crippen molar-refractivity contribution in [3.63, 3.8) is 0 Å². The third-order valence-corrected chi connectivity index (χ3v) is 6.02. The molecule has 0 amide bonds. The summed E-state index contributed by atoms with van der Waals surface area (Å²) in [5.74, 6) is 1.35. The molecule has 0 radical (unpaired) electrons. The van der Waals surface area contributed by atoms with E-state index in [2.05, 4.69) is 11.7 Å². The number of ether oxygens (including phenoxy) is 1. The van der Waals surface area contributed by atoms with Gasteiger partial charge in [0.1, 0.15) is 0 Å². The largest absolute Gasteiger partial charge is 0.432 e. The maximum Gasteiger partial charge on any atom is 0.387 e. The SMILES string of the molecule is CCCC1CCC(C2CCc3c(ccc(OC(F)F)c3F)C2)CC1. The lowest BCUT2D eigenvalue weighted by Gasteiger charge is -2.36. The molecule has 134 valence electrons. The van der Waals surface area contributed by atoms with Crippen molar-refractivity contribution in [3.05, 3.63) is 29.1 Å². The van der Waals surface area contributed by atoms with E-state index in [1.165, 1.54) is 44.6 Å². The molecule has 0 aliphatic heterocycles. The predicted molar refractivity (Wildman–Crippen MR) is 88.9 cm³/mol. The molecule has 1 saturated carbocycles. The molecule has 0 bridgehead atoms. The first kappa shape index (κ1) is 17.6. The van der Waals surface area contributed by atoms with Gasteiger partial charge in [0, 0.05) is 0 Å². The molecular weight excluding hydrogens is 313 g/mol. The molecule has 1 fully saturated rings. The molecule has 2 aliphatic carbocycles. The number of rotatable bonds is 5. The van der Waals surface area contributed by atoms with Crippen molar-refractivity contribution in [2.45, 2.75) is 71.3 Å². The van der Waals surface area contributed by atoms with E-state index in [1.807, 2.05) is 0 Å².